The molecule has 3 amide bonds. The molecule has 2 atom stereocenters. The van der Waals surface area contributed by atoms with Crippen molar-refractivity contribution >= 4 is 17.9 Å². The summed E-state index contributed by atoms with van der Waals surface area (Å²) in [7, 11) is 0. The number of likely N-dealkylation sites (N-methyl/N-ethyl adjacent to an activating group) is 1. The quantitative estimate of drug-likeness (QED) is 0.728. The minimum absolute atomic E-state index is 0.0680. The Balaban J connectivity index is 3.12. The summed E-state index contributed by atoms with van der Waals surface area (Å²) < 4.78 is 5.23. The van der Waals surface area contributed by atoms with E-state index in [2.05, 4.69) is 10.6 Å². The Bertz CT molecular complexity index is 708. The van der Waals surface area contributed by atoms with E-state index < -0.39 is 23.8 Å². The van der Waals surface area contributed by atoms with Crippen molar-refractivity contribution in [3.8, 4) is 0 Å². The van der Waals surface area contributed by atoms with Gasteiger partial charge in [-0.1, -0.05) is 29.8 Å². The molecule has 0 heterocycles. The fraction of sp³-hybridized carbons (Fsp3) is 0.591. The second-order valence-corrected chi connectivity index (χ2v) is 8.47. The van der Waals surface area contributed by atoms with Gasteiger partial charge in [-0.25, -0.2) is 4.79 Å². The highest BCUT2D eigenvalue weighted by molar-refractivity contribution is 5.92. The summed E-state index contributed by atoms with van der Waals surface area (Å²) in [4.78, 5) is 39.6. The minimum Gasteiger partial charge on any atom is -0.444 e. The van der Waals surface area contributed by atoms with Crippen molar-refractivity contribution in [2.75, 3.05) is 6.54 Å². The van der Waals surface area contributed by atoms with Crippen LogP contribution in [0.1, 0.15) is 65.6 Å². The van der Waals surface area contributed by atoms with Crippen molar-refractivity contribution < 1.29 is 19.1 Å². The first kappa shape index (κ1) is 24.5. The molecule has 29 heavy (non-hydrogen) atoms. The third kappa shape index (κ3) is 7.75. The standard InChI is InChI=1S/C22H35N3O4/c1-9-25(20(27)16(5)24-21(28)29-22(6,7)8)18(19(26)23-14(2)3)17-12-10-15(4)11-13-17/h10-14,16,18H,9H2,1-8H3,(H,23,26)(H,24,28). The number of nitrogens with zero attached hydrogens (tertiary/aromatic N) is 1. The van der Waals surface area contributed by atoms with Gasteiger partial charge in [0.2, 0.25) is 11.8 Å². The largest absolute Gasteiger partial charge is 0.444 e. The second kappa shape index (κ2) is 10.3. The van der Waals surface area contributed by atoms with Crippen LogP contribution in [0.3, 0.4) is 0 Å². The Kier molecular flexibility index (Phi) is 8.67. The van der Waals surface area contributed by atoms with E-state index in [1.807, 2.05) is 52.0 Å². The van der Waals surface area contributed by atoms with Crippen LogP contribution in [-0.2, 0) is 14.3 Å². The van der Waals surface area contributed by atoms with Crippen LogP contribution in [0, 0.1) is 6.92 Å². The molecule has 0 spiro atoms. The molecule has 0 radical (unpaired) electrons. The second-order valence-electron chi connectivity index (χ2n) is 8.47. The first-order valence-electron chi connectivity index (χ1n) is 10.0. The summed E-state index contributed by atoms with van der Waals surface area (Å²) in [6, 6.07) is 5.81. The number of nitrogens with one attached hydrogen (secondary N) is 2. The van der Waals surface area contributed by atoms with Crippen molar-refractivity contribution in [2.24, 2.45) is 0 Å². The third-order valence-corrected chi connectivity index (χ3v) is 4.11. The Labute approximate surface area is 174 Å². The van der Waals surface area contributed by atoms with Gasteiger partial charge in [0.1, 0.15) is 17.7 Å². The van der Waals surface area contributed by atoms with Gasteiger partial charge >= 0.3 is 6.09 Å². The highest BCUT2D eigenvalue weighted by atomic mass is 16.6. The zero-order valence-electron chi connectivity index (χ0n) is 18.8. The van der Waals surface area contributed by atoms with Crippen LogP contribution in [0.4, 0.5) is 4.79 Å². The number of carbonyl (C=O) groups is 3. The number of amides is 3. The van der Waals surface area contributed by atoms with Gasteiger partial charge in [0.05, 0.1) is 0 Å². The summed E-state index contributed by atoms with van der Waals surface area (Å²) in [6.07, 6.45) is -0.673. The van der Waals surface area contributed by atoms with Crippen LogP contribution in [0.15, 0.2) is 24.3 Å². The SMILES string of the molecule is CCN(C(=O)C(C)NC(=O)OC(C)(C)C)C(C(=O)NC(C)C)c1ccc(C)cc1. The maximum Gasteiger partial charge on any atom is 0.408 e. The average Bonchev–Trinajstić information content (AvgIpc) is 2.57. The van der Waals surface area contributed by atoms with Gasteiger partial charge in [-0.05, 0) is 61.0 Å². The molecule has 1 aromatic rings. The van der Waals surface area contributed by atoms with Crippen LogP contribution in [0.2, 0.25) is 0 Å². The number of ether oxygens (including phenoxy) is 1. The van der Waals surface area contributed by atoms with Crippen LogP contribution >= 0.6 is 0 Å². The Morgan fingerprint density at radius 1 is 1.03 bits per heavy atom. The van der Waals surface area contributed by atoms with Crippen molar-refractivity contribution in [1.29, 1.82) is 0 Å². The fourth-order valence-corrected chi connectivity index (χ4v) is 2.85. The number of hydrogen-bond acceptors (Lipinski definition) is 4. The summed E-state index contributed by atoms with van der Waals surface area (Å²) in [6.45, 7) is 14.7. The van der Waals surface area contributed by atoms with Crippen molar-refractivity contribution in [2.45, 2.75) is 79.1 Å². The van der Waals surface area contributed by atoms with Gasteiger partial charge in [0.15, 0.2) is 0 Å². The van der Waals surface area contributed by atoms with E-state index in [1.165, 1.54) is 4.90 Å². The van der Waals surface area contributed by atoms with E-state index in [9.17, 15) is 14.4 Å². The Hall–Kier alpha value is -2.57. The molecule has 0 bridgehead atoms. The number of carbonyl (C=O) groups excluding carboxylic acids is 3. The van der Waals surface area contributed by atoms with Gasteiger partial charge in [0.25, 0.3) is 0 Å². The Morgan fingerprint density at radius 2 is 1.59 bits per heavy atom. The van der Waals surface area contributed by atoms with Gasteiger partial charge in [-0.3, -0.25) is 9.59 Å². The molecule has 162 valence electrons. The van der Waals surface area contributed by atoms with Gasteiger partial charge in [-0.2, -0.15) is 0 Å². The monoisotopic (exact) mass is 405 g/mol. The molecule has 0 aliphatic carbocycles. The highest BCUT2D eigenvalue weighted by Crippen LogP contribution is 2.23. The van der Waals surface area contributed by atoms with Crippen LogP contribution in [-0.4, -0.2) is 47.0 Å². The smallest absolute Gasteiger partial charge is 0.408 e. The zero-order valence-corrected chi connectivity index (χ0v) is 18.8. The van der Waals surface area contributed by atoms with E-state index >= 15 is 0 Å². The lowest BCUT2D eigenvalue weighted by atomic mass is 10.0. The lowest BCUT2D eigenvalue weighted by Crippen LogP contribution is -2.52. The molecule has 0 saturated carbocycles. The predicted octanol–water partition coefficient (Wildman–Crippen LogP) is 3.32. The van der Waals surface area contributed by atoms with Crippen molar-refractivity contribution in [3.05, 3.63) is 35.4 Å². The number of benzene rings is 1. The molecule has 0 saturated heterocycles. The third-order valence-electron chi connectivity index (χ3n) is 4.11. The molecule has 0 aliphatic rings. The minimum atomic E-state index is -0.843. The average molecular weight is 406 g/mol. The van der Waals surface area contributed by atoms with Gasteiger partial charge < -0.3 is 20.3 Å². The zero-order chi connectivity index (χ0) is 22.4. The van der Waals surface area contributed by atoms with Crippen molar-refractivity contribution in [3.63, 3.8) is 0 Å². The maximum atomic E-state index is 13.1. The predicted molar refractivity (Wildman–Crippen MR) is 113 cm³/mol. The molecular formula is C22H35N3O4. The molecule has 0 aromatic heterocycles. The first-order chi connectivity index (χ1) is 13.4. The summed E-state index contributed by atoms with van der Waals surface area (Å²) in [5.41, 5.74) is 1.11. The lowest BCUT2D eigenvalue weighted by molar-refractivity contribution is -0.142. The van der Waals surface area contributed by atoms with E-state index in [0.717, 1.165) is 5.56 Å². The van der Waals surface area contributed by atoms with Gasteiger partial charge in [0, 0.05) is 12.6 Å². The van der Waals surface area contributed by atoms with E-state index in [1.54, 1.807) is 27.7 Å². The molecule has 1 aromatic carbocycles. The molecular weight excluding hydrogens is 370 g/mol. The van der Waals surface area contributed by atoms with Crippen LogP contribution in [0.5, 0.6) is 0 Å². The van der Waals surface area contributed by atoms with Crippen LogP contribution in [0.25, 0.3) is 0 Å². The van der Waals surface area contributed by atoms with Crippen molar-refractivity contribution in [1.82, 2.24) is 15.5 Å². The topological polar surface area (TPSA) is 87.7 Å². The molecule has 1 rings (SSSR count). The molecule has 2 unspecified atom stereocenters. The normalized spacial score (nSPS) is 13.4. The molecule has 0 aliphatic heterocycles. The number of alkyl carbamates (subject to hydrolysis) is 1. The lowest BCUT2D eigenvalue weighted by Gasteiger charge is -2.33. The number of aryl methyl sites for hydroxylation is 1. The number of hydrogen-bond donors (Lipinski definition) is 2. The maximum absolute atomic E-state index is 13.1. The summed E-state index contributed by atoms with van der Waals surface area (Å²) >= 11 is 0. The molecule has 7 nitrogen and oxygen atoms in total. The first-order valence-corrected chi connectivity index (χ1v) is 10.0. The highest BCUT2D eigenvalue weighted by Gasteiger charge is 2.33. The van der Waals surface area contributed by atoms with Crippen LogP contribution < -0.4 is 10.6 Å². The van der Waals surface area contributed by atoms with E-state index in [0.29, 0.717) is 12.1 Å². The molecule has 2 N–H and O–H groups in total. The van der Waals surface area contributed by atoms with Gasteiger partial charge in [-0.15, -0.1) is 0 Å². The van der Waals surface area contributed by atoms with E-state index in [-0.39, 0.29) is 17.9 Å². The molecule has 7 heteroatoms. The fourth-order valence-electron chi connectivity index (χ4n) is 2.85. The van der Waals surface area contributed by atoms with E-state index in [4.69, 9.17) is 4.74 Å². The number of rotatable bonds is 7. The Morgan fingerprint density at radius 3 is 2.03 bits per heavy atom. The molecule has 0 fully saturated rings. The summed E-state index contributed by atoms with van der Waals surface area (Å²) in [5, 5.41) is 5.45. The summed E-state index contributed by atoms with van der Waals surface area (Å²) in [5.74, 6) is -0.619.